The first kappa shape index (κ1) is 11.8. The average Bonchev–Trinajstić information content (AvgIpc) is 2.32. The van der Waals surface area contributed by atoms with Crippen LogP contribution in [0, 0.1) is 0 Å². The fraction of sp³-hybridized carbons (Fsp3) is 0.455. The molecule has 0 unspecified atom stereocenters. The summed E-state index contributed by atoms with van der Waals surface area (Å²) < 4.78 is 0. The van der Waals surface area contributed by atoms with Crippen molar-refractivity contribution in [3.63, 3.8) is 0 Å². The van der Waals surface area contributed by atoms with Crippen LogP contribution in [-0.4, -0.2) is 54.0 Å². The highest BCUT2D eigenvalue weighted by Crippen LogP contribution is 2.08. The van der Waals surface area contributed by atoms with Gasteiger partial charge >= 0.3 is 0 Å². The summed E-state index contributed by atoms with van der Waals surface area (Å²) in [6, 6.07) is 1.63. The number of piperazine rings is 1. The lowest BCUT2D eigenvalue weighted by molar-refractivity contribution is 0.0663. The largest absolute Gasteiger partial charge is 0.397 e. The minimum absolute atomic E-state index is 0.172. The zero-order valence-corrected chi connectivity index (χ0v) is 9.89. The zero-order chi connectivity index (χ0) is 12.3. The summed E-state index contributed by atoms with van der Waals surface area (Å²) in [5.41, 5.74) is 9.43. The number of anilines is 1. The SMILES string of the molecule is CN1CCN(NC(=O)c2ccncc2N)CC1. The highest BCUT2D eigenvalue weighted by molar-refractivity contribution is 5.98. The quantitative estimate of drug-likeness (QED) is 0.726. The molecule has 17 heavy (non-hydrogen) atoms. The third-order valence-electron chi connectivity index (χ3n) is 2.86. The number of rotatable bonds is 2. The van der Waals surface area contributed by atoms with Gasteiger partial charge in [-0.25, -0.2) is 5.01 Å². The number of hydrazine groups is 1. The molecule has 6 nitrogen and oxygen atoms in total. The minimum atomic E-state index is -0.172. The van der Waals surface area contributed by atoms with Crippen LogP contribution in [0.5, 0.6) is 0 Å². The van der Waals surface area contributed by atoms with Gasteiger partial charge in [0.15, 0.2) is 0 Å². The molecule has 0 aromatic carbocycles. The Balaban J connectivity index is 1.96. The Morgan fingerprint density at radius 1 is 1.41 bits per heavy atom. The molecule has 1 amide bonds. The molecule has 3 N–H and O–H groups in total. The number of nitrogen functional groups attached to an aromatic ring is 1. The Kier molecular flexibility index (Phi) is 3.55. The smallest absolute Gasteiger partial charge is 0.267 e. The van der Waals surface area contributed by atoms with Gasteiger partial charge in [-0.1, -0.05) is 0 Å². The van der Waals surface area contributed by atoms with Gasteiger partial charge in [0.25, 0.3) is 5.91 Å². The van der Waals surface area contributed by atoms with Crippen LogP contribution < -0.4 is 11.2 Å². The van der Waals surface area contributed by atoms with Crippen LogP contribution in [0.4, 0.5) is 5.69 Å². The van der Waals surface area contributed by atoms with Gasteiger partial charge in [0.05, 0.1) is 17.4 Å². The fourth-order valence-corrected chi connectivity index (χ4v) is 1.74. The first-order chi connectivity index (χ1) is 8.16. The molecule has 2 heterocycles. The van der Waals surface area contributed by atoms with E-state index in [4.69, 9.17) is 5.73 Å². The summed E-state index contributed by atoms with van der Waals surface area (Å²) in [4.78, 5) is 18.0. The van der Waals surface area contributed by atoms with E-state index in [0.717, 1.165) is 26.2 Å². The van der Waals surface area contributed by atoms with Crippen LogP contribution in [0.1, 0.15) is 10.4 Å². The summed E-state index contributed by atoms with van der Waals surface area (Å²) in [7, 11) is 2.07. The Bertz CT molecular complexity index is 401. The zero-order valence-electron chi connectivity index (χ0n) is 9.89. The normalized spacial score (nSPS) is 17.9. The number of carbonyl (C=O) groups is 1. The molecule has 0 aliphatic carbocycles. The van der Waals surface area contributed by atoms with E-state index < -0.39 is 0 Å². The molecule has 0 saturated carbocycles. The number of hydrogen-bond donors (Lipinski definition) is 2. The average molecular weight is 235 g/mol. The minimum Gasteiger partial charge on any atom is -0.397 e. The van der Waals surface area contributed by atoms with E-state index in [0.29, 0.717) is 11.3 Å². The maximum absolute atomic E-state index is 11.9. The van der Waals surface area contributed by atoms with Crippen molar-refractivity contribution >= 4 is 11.6 Å². The van der Waals surface area contributed by atoms with Crippen molar-refractivity contribution in [1.29, 1.82) is 0 Å². The molecule has 0 bridgehead atoms. The Morgan fingerprint density at radius 2 is 2.12 bits per heavy atom. The van der Waals surface area contributed by atoms with E-state index in [9.17, 15) is 4.79 Å². The van der Waals surface area contributed by atoms with Crippen molar-refractivity contribution in [3.8, 4) is 0 Å². The van der Waals surface area contributed by atoms with E-state index >= 15 is 0 Å². The van der Waals surface area contributed by atoms with Gasteiger partial charge in [-0.15, -0.1) is 0 Å². The van der Waals surface area contributed by atoms with Gasteiger partial charge in [-0.3, -0.25) is 15.2 Å². The molecule has 1 aromatic heterocycles. The van der Waals surface area contributed by atoms with Crippen molar-refractivity contribution in [3.05, 3.63) is 24.0 Å². The molecule has 1 aliphatic rings. The second-order valence-corrected chi connectivity index (χ2v) is 4.19. The van der Waals surface area contributed by atoms with E-state index in [1.165, 1.54) is 6.20 Å². The standard InChI is InChI=1S/C11H17N5O/c1-15-4-6-16(7-5-15)14-11(17)9-2-3-13-8-10(9)12/h2-3,8H,4-7,12H2,1H3,(H,14,17). The van der Waals surface area contributed by atoms with Crippen LogP contribution in [-0.2, 0) is 0 Å². The molecule has 0 spiro atoms. The van der Waals surface area contributed by atoms with Crippen LogP contribution in [0.25, 0.3) is 0 Å². The molecule has 6 heteroatoms. The van der Waals surface area contributed by atoms with Crippen molar-refractivity contribution < 1.29 is 4.79 Å². The van der Waals surface area contributed by atoms with E-state index in [1.807, 2.05) is 5.01 Å². The fourth-order valence-electron chi connectivity index (χ4n) is 1.74. The molecular weight excluding hydrogens is 218 g/mol. The molecule has 1 aromatic rings. The number of nitrogens with zero attached hydrogens (tertiary/aromatic N) is 3. The number of pyridine rings is 1. The van der Waals surface area contributed by atoms with Crippen LogP contribution in [0.15, 0.2) is 18.5 Å². The van der Waals surface area contributed by atoms with Gasteiger partial charge in [0.2, 0.25) is 0 Å². The second kappa shape index (κ2) is 5.11. The predicted octanol–water partition coefficient (Wildman–Crippen LogP) is -0.444. The molecular formula is C11H17N5O. The van der Waals surface area contributed by atoms with Crippen molar-refractivity contribution in [2.75, 3.05) is 39.0 Å². The number of nitrogens with two attached hydrogens (primary N) is 1. The molecule has 92 valence electrons. The number of nitrogens with one attached hydrogen (secondary N) is 1. The third-order valence-corrected chi connectivity index (χ3v) is 2.86. The summed E-state index contributed by atoms with van der Waals surface area (Å²) in [6.45, 7) is 3.55. The molecule has 0 radical (unpaired) electrons. The molecule has 0 atom stereocenters. The number of hydrogen-bond acceptors (Lipinski definition) is 5. The lowest BCUT2D eigenvalue weighted by atomic mass is 10.2. The maximum atomic E-state index is 11.9. The Morgan fingerprint density at radius 3 is 2.76 bits per heavy atom. The first-order valence-corrected chi connectivity index (χ1v) is 5.61. The predicted molar refractivity (Wildman–Crippen MR) is 65.2 cm³/mol. The lowest BCUT2D eigenvalue weighted by Gasteiger charge is -2.32. The molecule has 2 rings (SSSR count). The summed E-state index contributed by atoms with van der Waals surface area (Å²) in [6.07, 6.45) is 3.05. The van der Waals surface area contributed by atoms with Crippen LogP contribution >= 0.6 is 0 Å². The number of amides is 1. The monoisotopic (exact) mass is 235 g/mol. The second-order valence-electron chi connectivity index (χ2n) is 4.19. The first-order valence-electron chi connectivity index (χ1n) is 5.61. The van der Waals surface area contributed by atoms with Gasteiger partial charge in [0, 0.05) is 32.4 Å². The van der Waals surface area contributed by atoms with Crippen LogP contribution in [0.2, 0.25) is 0 Å². The number of carbonyl (C=O) groups excluding carboxylic acids is 1. The van der Waals surface area contributed by atoms with E-state index in [-0.39, 0.29) is 5.91 Å². The van der Waals surface area contributed by atoms with Gasteiger partial charge in [0.1, 0.15) is 0 Å². The lowest BCUT2D eigenvalue weighted by Crippen LogP contribution is -2.52. The topological polar surface area (TPSA) is 74.5 Å². The molecule has 1 aliphatic heterocycles. The maximum Gasteiger partial charge on any atom is 0.267 e. The van der Waals surface area contributed by atoms with Crippen LogP contribution in [0.3, 0.4) is 0 Å². The van der Waals surface area contributed by atoms with E-state index in [1.54, 1.807) is 12.3 Å². The van der Waals surface area contributed by atoms with Crippen molar-refractivity contribution in [2.24, 2.45) is 0 Å². The Labute approximate surface area is 100 Å². The van der Waals surface area contributed by atoms with Gasteiger partial charge in [-0.2, -0.15) is 0 Å². The highest BCUT2D eigenvalue weighted by Gasteiger charge is 2.17. The van der Waals surface area contributed by atoms with Gasteiger partial charge < -0.3 is 10.6 Å². The highest BCUT2D eigenvalue weighted by atomic mass is 16.2. The van der Waals surface area contributed by atoms with E-state index in [2.05, 4.69) is 22.4 Å². The summed E-state index contributed by atoms with van der Waals surface area (Å²) in [5.74, 6) is -0.172. The summed E-state index contributed by atoms with van der Waals surface area (Å²) >= 11 is 0. The summed E-state index contributed by atoms with van der Waals surface area (Å²) in [5, 5.41) is 1.92. The van der Waals surface area contributed by atoms with Crippen molar-refractivity contribution in [1.82, 2.24) is 20.3 Å². The number of likely N-dealkylation sites (N-methyl/N-ethyl adjacent to an activating group) is 1. The third kappa shape index (κ3) is 2.92. The molecule has 1 saturated heterocycles. The van der Waals surface area contributed by atoms with Crippen molar-refractivity contribution in [2.45, 2.75) is 0 Å². The van der Waals surface area contributed by atoms with Gasteiger partial charge in [-0.05, 0) is 13.1 Å². The molecule has 1 fully saturated rings. The Hall–Kier alpha value is -1.66. The number of aromatic nitrogens is 1.